The SMILES string of the molecule is C/C=C\C1=NN=CCC(C)(C)C1. The van der Waals surface area contributed by atoms with Crippen LogP contribution in [0.5, 0.6) is 0 Å². The Morgan fingerprint density at radius 2 is 2.25 bits per heavy atom. The maximum Gasteiger partial charge on any atom is 0.0632 e. The van der Waals surface area contributed by atoms with Crippen molar-refractivity contribution in [1.82, 2.24) is 0 Å². The molecule has 0 bridgehead atoms. The summed E-state index contributed by atoms with van der Waals surface area (Å²) in [5.74, 6) is 0. The first-order valence-corrected chi connectivity index (χ1v) is 4.35. The average Bonchev–Trinajstić information content (AvgIpc) is 2.11. The van der Waals surface area contributed by atoms with Gasteiger partial charge in [0.1, 0.15) is 0 Å². The Morgan fingerprint density at radius 3 is 2.92 bits per heavy atom. The van der Waals surface area contributed by atoms with Gasteiger partial charge in [-0.15, -0.1) is 0 Å². The Balaban J connectivity index is 2.76. The highest BCUT2D eigenvalue weighted by atomic mass is 15.2. The van der Waals surface area contributed by atoms with E-state index in [1.165, 1.54) is 0 Å². The largest absolute Gasteiger partial charge is 0.163 e. The fourth-order valence-electron chi connectivity index (χ4n) is 1.29. The average molecular weight is 164 g/mol. The smallest absolute Gasteiger partial charge is 0.0632 e. The van der Waals surface area contributed by atoms with Crippen LogP contribution in [-0.4, -0.2) is 11.9 Å². The van der Waals surface area contributed by atoms with Crippen molar-refractivity contribution >= 4 is 11.9 Å². The molecule has 0 fully saturated rings. The van der Waals surface area contributed by atoms with Gasteiger partial charge < -0.3 is 0 Å². The van der Waals surface area contributed by atoms with Crippen LogP contribution in [0.1, 0.15) is 33.6 Å². The third kappa shape index (κ3) is 2.61. The third-order valence-corrected chi connectivity index (χ3v) is 1.93. The first kappa shape index (κ1) is 9.17. The molecular formula is C10H16N2. The summed E-state index contributed by atoms with van der Waals surface area (Å²) in [7, 11) is 0. The van der Waals surface area contributed by atoms with Crippen molar-refractivity contribution in [3.63, 3.8) is 0 Å². The van der Waals surface area contributed by atoms with Gasteiger partial charge in [0.15, 0.2) is 0 Å². The molecule has 1 rings (SSSR count). The van der Waals surface area contributed by atoms with Crippen molar-refractivity contribution in [2.24, 2.45) is 15.6 Å². The number of hydrogen-bond acceptors (Lipinski definition) is 2. The molecule has 0 aromatic heterocycles. The molecule has 0 N–H and O–H groups in total. The van der Waals surface area contributed by atoms with Crippen LogP contribution in [0, 0.1) is 5.41 Å². The van der Waals surface area contributed by atoms with E-state index < -0.39 is 0 Å². The lowest BCUT2D eigenvalue weighted by Gasteiger charge is -2.20. The first-order valence-electron chi connectivity index (χ1n) is 4.35. The Kier molecular flexibility index (Phi) is 2.79. The Labute approximate surface area is 74.1 Å². The second-order valence-corrected chi connectivity index (χ2v) is 3.93. The second kappa shape index (κ2) is 3.65. The van der Waals surface area contributed by atoms with Gasteiger partial charge >= 0.3 is 0 Å². The Morgan fingerprint density at radius 1 is 1.50 bits per heavy atom. The highest BCUT2D eigenvalue weighted by molar-refractivity contribution is 5.96. The lowest BCUT2D eigenvalue weighted by Crippen LogP contribution is -2.14. The maximum absolute atomic E-state index is 4.11. The van der Waals surface area contributed by atoms with Gasteiger partial charge in [0.2, 0.25) is 0 Å². The molecule has 1 heterocycles. The van der Waals surface area contributed by atoms with E-state index in [4.69, 9.17) is 0 Å². The molecule has 0 spiro atoms. The molecule has 0 saturated carbocycles. The zero-order chi connectivity index (χ0) is 9.03. The van der Waals surface area contributed by atoms with E-state index in [0.29, 0.717) is 5.41 Å². The standard InChI is InChI=1S/C10H16N2/c1-4-5-9-8-10(2,3)6-7-11-12-9/h4-5,7H,6,8H2,1-3H3/b5-4-. The van der Waals surface area contributed by atoms with E-state index in [0.717, 1.165) is 18.6 Å². The monoisotopic (exact) mass is 164 g/mol. The van der Waals surface area contributed by atoms with E-state index in [1.807, 2.05) is 25.3 Å². The summed E-state index contributed by atoms with van der Waals surface area (Å²) in [6.07, 6.45) is 7.96. The maximum atomic E-state index is 4.11. The molecule has 12 heavy (non-hydrogen) atoms. The van der Waals surface area contributed by atoms with Crippen LogP contribution in [0.4, 0.5) is 0 Å². The molecule has 0 amide bonds. The topological polar surface area (TPSA) is 24.7 Å². The lowest BCUT2D eigenvalue weighted by atomic mass is 9.84. The van der Waals surface area contributed by atoms with Gasteiger partial charge in [-0.1, -0.05) is 19.9 Å². The minimum atomic E-state index is 0.304. The van der Waals surface area contributed by atoms with Crippen LogP contribution in [0.25, 0.3) is 0 Å². The van der Waals surface area contributed by atoms with Gasteiger partial charge in [0, 0.05) is 6.21 Å². The molecule has 0 saturated heterocycles. The van der Waals surface area contributed by atoms with E-state index in [2.05, 4.69) is 24.1 Å². The Bertz CT molecular complexity index is 234. The van der Waals surface area contributed by atoms with Gasteiger partial charge in [0.25, 0.3) is 0 Å². The summed E-state index contributed by atoms with van der Waals surface area (Å²) in [5, 5.41) is 8.09. The van der Waals surface area contributed by atoms with Crippen molar-refractivity contribution in [2.75, 3.05) is 0 Å². The summed E-state index contributed by atoms with van der Waals surface area (Å²) in [6, 6.07) is 0. The summed E-state index contributed by atoms with van der Waals surface area (Å²) in [5.41, 5.74) is 1.38. The molecular weight excluding hydrogens is 148 g/mol. The van der Waals surface area contributed by atoms with Crippen LogP contribution in [0.2, 0.25) is 0 Å². The normalized spacial score (nSPS) is 22.4. The Hall–Kier alpha value is -0.920. The lowest BCUT2D eigenvalue weighted by molar-refractivity contribution is 0.407. The molecule has 1 aliphatic heterocycles. The van der Waals surface area contributed by atoms with Gasteiger partial charge in [-0.05, 0) is 31.3 Å². The third-order valence-electron chi connectivity index (χ3n) is 1.93. The molecule has 0 radical (unpaired) electrons. The number of hydrogen-bond donors (Lipinski definition) is 0. The summed E-state index contributed by atoms with van der Waals surface area (Å²) >= 11 is 0. The summed E-state index contributed by atoms with van der Waals surface area (Å²) < 4.78 is 0. The van der Waals surface area contributed by atoms with Crippen molar-refractivity contribution < 1.29 is 0 Å². The van der Waals surface area contributed by atoms with E-state index in [1.54, 1.807) is 0 Å². The van der Waals surface area contributed by atoms with Crippen molar-refractivity contribution in [1.29, 1.82) is 0 Å². The fourth-order valence-corrected chi connectivity index (χ4v) is 1.29. The molecule has 2 nitrogen and oxygen atoms in total. The number of allylic oxidation sites excluding steroid dienone is 2. The molecule has 2 heteroatoms. The van der Waals surface area contributed by atoms with E-state index in [-0.39, 0.29) is 0 Å². The van der Waals surface area contributed by atoms with Gasteiger partial charge in [-0.25, -0.2) is 0 Å². The molecule has 0 aliphatic carbocycles. The van der Waals surface area contributed by atoms with Crippen LogP contribution in [-0.2, 0) is 0 Å². The first-order chi connectivity index (χ1) is 5.64. The molecule has 66 valence electrons. The van der Waals surface area contributed by atoms with Gasteiger partial charge in [-0.3, -0.25) is 0 Å². The molecule has 1 aliphatic rings. The number of rotatable bonds is 1. The fraction of sp³-hybridized carbons (Fsp3) is 0.600. The van der Waals surface area contributed by atoms with Crippen LogP contribution < -0.4 is 0 Å². The second-order valence-electron chi connectivity index (χ2n) is 3.93. The van der Waals surface area contributed by atoms with Crippen LogP contribution in [0.3, 0.4) is 0 Å². The van der Waals surface area contributed by atoms with E-state index >= 15 is 0 Å². The van der Waals surface area contributed by atoms with Crippen LogP contribution >= 0.6 is 0 Å². The predicted octanol–water partition coefficient (Wildman–Crippen LogP) is 2.81. The summed E-state index contributed by atoms with van der Waals surface area (Å²) in [6.45, 7) is 6.48. The molecule has 0 aromatic rings. The van der Waals surface area contributed by atoms with Gasteiger partial charge in [0.05, 0.1) is 5.71 Å². The molecule has 0 unspecified atom stereocenters. The zero-order valence-electron chi connectivity index (χ0n) is 8.04. The molecule has 0 atom stereocenters. The van der Waals surface area contributed by atoms with E-state index in [9.17, 15) is 0 Å². The molecule has 0 aromatic carbocycles. The number of nitrogens with zero attached hydrogens (tertiary/aromatic N) is 2. The van der Waals surface area contributed by atoms with Crippen LogP contribution in [0.15, 0.2) is 22.4 Å². The summed E-state index contributed by atoms with van der Waals surface area (Å²) in [4.78, 5) is 0. The highest BCUT2D eigenvalue weighted by Crippen LogP contribution is 2.26. The quantitative estimate of drug-likeness (QED) is 0.569. The van der Waals surface area contributed by atoms with Crippen molar-refractivity contribution in [2.45, 2.75) is 33.6 Å². The minimum absolute atomic E-state index is 0.304. The van der Waals surface area contributed by atoms with Gasteiger partial charge in [-0.2, -0.15) is 10.2 Å². The van der Waals surface area contributed by atoms with Crippen molar-refractivity contribution in [3.8, 4) is 0 Å². The zero-order valence-corrected chi connectivity index (χ0v) is 8.04. The predicted molar refractivity (Wildman–Crippen MR) is 53.8 cm³/mol. The highest BCUT2D eigenvalue weighted by Gasteiger charge is 2.19. The van der Waals surface area contributed by atoms with Crippen molar-refractivity contribution in [3.05, 3.63) is 12.2 Å². The minimum Gasteiger partial charge on any atom is -0.163 e.